The van der Waals surface area contributed by atoms with Crippen molar-refractivity contribution in [3.8, 4) is 47.1 Å². The number of aliphatic hydroxyl groups excluding tert-OH is 2. The van der Waals surface area contributed by atoms with E-state index < -0.39 is 6.09 Å². The Bertz CT molecular complexity index is 6680. The topological polar surface area (TPSA) is 365 Å². The number of aromatic amines is 2. The number of benzene rings is 4. The van der Waals surface area contributed by atoms with E-state index >= 15 is 0 Å². The Hall–Kier alpha value is -11.9. The van der Waals surface area contributed by atoms with Gasteiger partial charge in [0.05, 0.1) is 100.0 Å². The molecular weight excluding hydrogens is 1720 g/mol. The summed E-state index contributed by atoms with van der Waals surface area (Å²) in [4.78, 5) is 84.2. The van der Waals surface area contributed by atoms with Crippen LogP contribution in [0.2, 0.25) is 0 Å². The molecule has 16 aromatic rings. The molecule has 12 aromatic heterocycles. The van der Waals surface area contributed by atoms with Crippen molar-refractivity contribution >= 4 is 185 Å². The Labute approximate surface area is 746 Å². The Kier molecular flexibility index (Phi) is 24.9. The third kappa shape index (κ3) is 17.6. The zero-order chi connectivity index (χ0) is 86.9. The van der Waals surface area contributed by atoms with Crippen LogP contribution in [0.25, 0.3) is 88.6 Å². The van der Waals surface area contributed by atoms with Gasteiger partial charge < -0.3 is 71.6 Å². The average Bonchev–Trinajstić information content (AvgIpc) is 1.57. The SMILES string of the molecule is CN(CCO)c1cc2c(s1)-c1sc(C=O)cc1C2(C)C.CN(CCOC(=O)NCc1ccc(COc2nc(N)nc3nc[nH]c23)cc1)c1cc2c(s1)-c1sc(CC(C#N)c3nc4ccccc4s3)cc1C2(C)C.NCc1ccc(COc2nc(N)nc3nc[nH]c23)cc1.[C-]#[N+]/C(=C\c1cc2c(s1)-c1sc(N(C)CCO)cc1C2(C)C)c1nc2ccccc2s1. The number of nitrogens with two attached hydrogens (primary N) is 3. The monoisotopic (exact) mass is 1800 g/mol. The van der Waals surface area contributed by atoms with Gasteiger partial charge in [-0.15, -0.1) is 90.7 Å². The molecule has 1 unspecified atom stereocenters. The smallest absolute Gasteiger partial charge is 0.407 e. The Morgan fingerprint density at radius 1 is 0.573 bits per heavy atom. The molecule has 1 amide bonds. The molecule has 12 heterocycles. The fourth-order valence-corrected chi connectivity index (χ4v) is 25.0. The number of ether oxygens (including phenoxy) is 3. The van der Waals surface area contributed by atoms with Crippen LogP contribution in [0.1, 0.15) is 133 Å². The summed E-state index contributed by atoms with van der Waals surface area (Å²) in [7, 11) is 6.04. The average molecular weight is 1800 g/mol. The van der Waals surface area contributed by atoms with Crippen molar-refractivity contribution in [2.45, 2.75) is 96.4 Å². The van der Waals surface area contributed by atoms with Crippen LogP contribution >= 0.6 is 90.7 Å². The number of carbonyl (C=O) groups excluding carboxylic acids is 2. The van der Waals surface area contributed by atoms with Crippen LogP contribution in [-0.4, -0.2) is 133 Å². The van der Waals surface area contributed by atoms with Gasteiger partial charge in [0, 0.05) is 94.4 Å². The van der Waals surface area contributed by atoms with Crippen LogP contribution in [0.5, 0.6) is 11.8 Å². The number of likely N-dealkylation sites (N-methyl/N-ethyl adjacent to an activating group) is 3. The highest BCUT2D eigenvalue weighted by molar-refractivity contribution is 7.26. The fraction of sp³-hybridized carbons (Fsp3) is 0.267. The first-order chi connectivity index (χ1) is 59.8. The predicted octanol–water partition coefficient (Wildman–Crippen LogP) is 18.7. The lowest BCUT2D eigenvalue weighted by Crippen LogP contribution is -2.28. The summed E-state index contributed by atoms with van der Waals surface area (Å²) in [6.45, 7) is 25.1. The lowest BCUT2D eigenvalue weighted by Gasteiger charge is -2.20. The van der Waals surface area contributed by atoms with Gasteiger partial charge >= 0.3 is 6.09 Å². The van der Waals surface area contributed by atoms with Crippen molar-refractivity contribution in [3.05, 3.63) is 238 Å². The highest BCUT2D eigenvalue weighted by Crippen LogP contribution is 2.60. The van der Waals surface area contributed by atoms with Gasteiger partial charge in [0.1, 0.15) is 46.8 Å². The number of imidazole rings is 2. The van der Waals surface area contributed by atoms with Crippen molar-refractivity contribution in [1.82, 2.24) is 55.2 Å². The number of amides is 1. The minimum absolute atomic E-state index is 0.0444. The molecular formula is C90H87N19O7S8. The summed E-state index contributed by atoms with van der Waals surface area (Å²) in [5.41, 5.74) is 33.2. The van der Waals surface area contributed by atoms with Gasteiger partial charge in [-0.3, -0.25) is 4.79 Å². The van der Waals surface area contributed by atoms with E-state index in [1.54, 1.807) is 90.7 Å². The fourth-order valence-electron chi connectivity index (χ4n) is 14.9. The molecule has 11 N–H and O–H groups in total. The molecule has 1 atom stereocenters. The summed E-state index contributed by atoms with van der Waals surface area (Å²) in [5, 5.41) is 36.4. The first-order valence-electron chi connectivity index (χ1n) is 39.6. The van der Waals surface area contributed by atoms with Gasteiger partial charge in [0.15, 0.2) is 17.6 Å². The molecule has 3 aliphatic carbocycles. The summed E-state index contributed by atoms with van der Waals surface area (Å²) in [5.74, 6) is 0.681. The molecule has 0 saturated heterocycles. The number of carbonyl (C=O) groups is 2. The van der Waals surface area contributed by atoms with E-state index in [4.69, 9.17) is 48.1 Å². The minimum atomic E-state index is -0.470. The van der Waals surface area contributed by atoms with Gasteiger partial charge in [-0.05, 0) is 122 Å². The van der Waals surface area contributed by atoms with E-state index in [0.29, 0.717) is 85.5 Å². The van der Waals surface area contributed by atoms with Crippen molar-refractivity contribution in [2.24, 2.45) is 5.73 Å². The number of nitrogen functional groups attached to an aromatic ring is 2. The summed E-state index contributed by atoms with van der Waals surface area (Å²) < 4.78 is 19.3. The van der Waals surface area contributed by atoms with Crippen LogP contribution in [0.3, 0.4) is 0 Å². The van der Waals surface area contributed by atoms with Gasteiger partial charge in [0.25, 0.3) is 0 Å². The molecule has 0 saturated carbocycles. The largest absolute Gasteiger partial charge is 0.471 e. The van der Waals surface area contributed by atoms with Crippen LogP contribution in [0, 0.1) is 17.9 Å². The third-order valence-corrected chi connectivity index (χ3v) is 31.7. The molecule has 19 rings (SSSR count). The molecule has 0 spiro atoms. The molecule has 0 bridgehead atoms. The number of hydrogen-bond acceptors (Lipinski definition) is 30. The van der Waals surface area contributed by atoms with E-state index in [1.165, 1.54) is 90.2 Å². The molecule has 632 valence electrons. The number of anilines is 5. The predicted molar refractivity (Wildman–Crippen MR) is 504 cm³/mol. The maximum Gasteiger partial charge on any atom is 0.407 e. The Morgan fingerprint density at radius 2 is 1.02 bits per heavy atom. The number of nitrogens with one attached hydrogen (secondary N) is 3. The standard InChI is InChI=1S/C38H35N9O3S3.C24H21N3OS3.C15H17NO2S2.C13H14N6O/c1-38(2)25-15-24(14-23(17-39)35-44-27-6-4-5-7-28(27)52-35)51-31(25)32-26(38)16-29(53-32)47(3)12-13-49-37(48)41-18-21-8-10-22(11-9-21)19-50-34-30-33(43-20-42-30)45-36(40)46-34;1-24(2)15-11-14(12-18(25-3)23-26-17-7-5-6-8-19(17)30-23)29-21(15)22-16(24)13-20(31-22)27(4)9-10-28;1-15(2)10-6-9(8-18)19-13(10)14-11(15)7-12(20-14)16(3)4-5-17;14-5-8-1-3-9(4-2-8)6-20-12-10-11(17-7-16-10)18-13(15)19-12/h4-11,15-16,20,23H,12-14,18-19H2,1-3H3,(H,41,48)(H3,40,42,43,45,46);5-8,11-13,28H,9-10H2,1-2,4H3;6-8,17H,4-5H2,1-3H3;1-4,7H,5-6,14H2,(H3,15,16,17,18,19)/b;18-12-;;. The third-order valence-electron chi connectivity index (χ3n) is 22.0. The lowest BCUT2D eigenvalue weighted by molar-refractivity contribution is 0.112. The number of aromatic nitrogens is 10. The summed E-state index contributed by atoms with van der Waals surface area (Å²) >= 11 is 13.6. The number of rotatable bonds is 25. The van der Waals surface area contributed by atoms with Crippen LogP contribution < -0.4 is 46.7 Å². The second-order valence-corrected chi connectivity index (χ2v) is 39.8. The molecule has 26 nitrogen and oxygen atoms in total. The normalized spacial score (nSPS) is 13.5. The maximum absolute atomic E-state index is 12.5. The van der Waals surface area contributed by atoms with Gasteiger partial charge in [0.2, 0.25) is 29.4 Å². The molecule has 4 aromatic carbocycles. The number of nitrogens with zero attached hydrogens (tertiary/aromatic N) is 13. The molecule has 0 radical (unpaired) electrons. The first-order valence-corrected chi connectivity index (χ1v) is 46.2. The number of fused-ring (bicyclic) bond motifs is 13. The molecule has 3 aliphatic rings. The maximum atomic E-state index is 12.5. The van der Waals surface area contributed by atoms with Crippen molar-refractivity contribution in [1.29, 1.82) is 5.26 Å². The number of hydrogen-bond donors (Lipinski definition) is 8. The lowest BCUT2D eigenvalue weighted by atomic mass is 9.84. The van der Waals surface area contributed by atoms with Gasteiger partial charge in [-0.1, -0.05) is 114 Å². The number of aldehydes is 1. The second kappa shape index (κ2) is 36.1. The van der Waals surface area contributed by atoms with Crippen molar-refractivity contribution in [2.75, 3.05) is 86.8 Å². The quantitative estimate of drug-likeness (QED) is 0.0195. The summed E-state index contributed by atoms with van der Waals surface area (Å²) in [6.07, 6.45) is 6.14. The molecule has 0 aliphatic heterocycles. The molecule has 34 heteroatoms. The van der Waals surface area contributed by atoms with E-state index in [1.807, 2.05) is 124 Å². The van der Waals surface area contributed by atoms with Crippen molar-refractivity contribution in [3.63, 3.8) is 0 Å². The first kappa shape index (κ1) is 85.7. The van der Waals surface area contributed by atoms with Crippen LogP contribution in [-0.2, 0) is 53.7 Å². The van der Waals surface area contributed by atoms with Gasteiger partial charge in [-0.25, -0.2) is 29.6 Å². The molecule has 0 fully saturated rings. The number of nitriles is 1. The summed E-state index contributed by atoms with van der Waals surface area (Å²) in [6, 6.07) is 47.5. The van der Waals surface area contributed by atoms with Crippen molar-refractivity contribution < 1.29 is 34.0 Å². The van der Waals surface area contributed by atoms with E-state index in [0.717, 1.165) is 73.7 Å². The number of thiophene rings is 6. The van der Waals surface area contributed by atoms with Crippen LogP contribution in [0.15, 0.2) is 146 Å². The Morgan fingerprint density at radius 3 is 1.52 bits per heavy atom. The highest BCUT2D eigenvalue weighted by Gasteiger charge is 2.43. The van der Waals surface area contributed by atoms with Gasteiger partial charge in [-0.2, -0.15) is 25.2 Å². The molecule has 124 heavy (non-hydrogen) atoms. The number of thiazole rings is 2. The number of aliphatic hydroxyl groups is 2. The zero-order valence-corrected chi connectivity index (χ0v) is 75.6. The highest BCUT2D eigenvalue weighted by atomic mass is 32.1. The minimum Gasteiger partial charge on any atom is -0.471 e. The number of H-pyrrole nitrogens is 2. The van der Waals surface area contributed by atoms with E-state index in [9.17, 15) is 20.0 Å². The number of alkyl carbamates (subject to hydrolysis) is 1. The Balaban J connectivity index is 0.000000134. The van der Waals surface area contributed by atoms with E-state index in [-0.39, 0.29) is 60.5 Å². The number of para-hydroxylation sites is 2. The van der Waals surface area contributed by atoms with Crippen LogP contribution in [0.4, 0.5) is 31.7 Å². The second-order valence-electron chi connectivity index (χ2n) is 31.3. The van der Waals surface area contributed by atoms with E-state index in [2.05, 4.69) is 154 Å². The zero-order valence-electron chi connectivity index (χ0n) is 69.1.